The minimum atomic E-state index is -1.39. The van der Waals surface area contributed by atoms with Crippen LogP contribution in [0.15, 0.2) is 30.3 Å². The van der Waals surface area contributed by atoms with Gasteiger partial charge in [-0.15, -0.1) is 0 Å². The zero-order valence-electron chi connectivity index (χ0n) is 13.7. The van der Waals surface area contributed by atoms with E-state index in [9.17, 15) is 14.4 Å². The van der Waals surface area contributed by atoms with Crippen LogP contribution in [0.3, 0.4) is 0 Å². The Morgan fingerprint density at radius 1 is 1.12 bits per heavy atom. The summed E-state index contributed by atoms with van der Waals surface area (Å²) in [6, 6.07) is 7.56. The number of nitrogens with one attached hydrogen (secondary N) is 1. The molecule has 0 saturated carbocycles. The highest BCUT2D eigenvalue weighted by Crippen LogP contribution is 2.03. The summed E-state index contributed by atoms with van der Waals surface area (Å²) < 4.78 is 9.82. The lowest BCUT2D eigenvalue weighted by Gasteiger charge is -2.14. The molecule has 0 aliphatic carbocycles. The maximum atomic E-state index is 11.6. The van der Waals surface area contributed by atoms with E-state index in [-0.39, 0.29) is 24.6 Å². The number of hydrogen-bond donors (Lipinski definition) is 2. The number of amides is 1. The van der Waals surface area contributed by atoms with E-state index in [1.165, 1.54) is 0 Å². The quantitative estimate of drug-likeness (QED) is 0.681. The Kier molecular flexibility index (Phi) is 9.81. The van der Waals surface area contributed by atoms with Gasteiger partial charge in [-0.05, 0) is 11.5 Å². The van der Waals surface area contributed by atoms with Crippen molar-refractivity contribution in [3.8, 4) is 0 Å². The molecule has 0 unspecified atom stereocenters. The van der Waals surface area contributed by atoms with E-state index in [2.05, 4.69) is 5.32 Å². The molecule has 24 heavy (non-hydrogen) atoms. The van der Waals surface area contributed by atoms with Crippen LogP contribution in [-0.2, 0) is 25.7 Å². The van der Waals surface area contributed by atoms with Crippen molar-refractivity contribution in [3.05, 3.63) is 35.9 Å². The predicted octanol–water partition coefficient (Wildman–Crippen LogP) is 1.13. The van der Waals surface area contributed by atoms with Crippen molar-refractivity contribution in [1.29, 1.82) is 0 Å². The van der Waals surface area contributed by atoms with Crippen molar-refractivity contribution in [1.82, 2.24) is 5.32 Å². The second kappa shape index (κ2) is 11.0. The first-order chi connectivity index (χ1) is 10.9. The van der Waals surface area contributed by atoms with Gasteiger partial charge < -0.3 is 25.4 Å². The standard InChI is InChI=1S/C16H21NO6.H2O/c1-11(2)9-22-14(18)8-13(15(19)20)17-16(21)23-10-12-6-4-3-5-7-12;/h3-7,11,13H,8-10H2,1-2H3,(H,17,21)(H,19,20);1H2/t13-;/m1./s1. The fraction of sp³-hybridized carbons (Fsp3) is 0.438. The van der Waals surface area contributed by atoms with Crippen LogP contribution in [0.5, 0.6) is 0 Å². The van der Waals surface area contributed by atoms with Crippen LogP contribution in [0.4, 0.5) is 4.79 Å². The van der Waals surface area contributed by atoms with Gasteiger partial charge in [0.05, 0.1) is 13.0 Å². The molecule has 1 atom stereocenters. The Bertz CT molecular complexity index is 530. The smallest absolute Gasteiger partial charge is 0.408 e. The molecular formula is C16H23NO7. The van der Waals surface area contributed by atoms with Crippen molar-refractivity contribution < 1.29 is 34.4 Å². The largest absolute Gasteiger partial charge is 0.480 e. The molecule has 1 amide bonds. The molecule has 0 saturated heterocycles. The molecule has 0 heterocycles. The van der Waals surface area contributed by atoms with Crippen LogP contribution in [-0.4, -0.2) is 41.3 Å². The molecular weight excluding hydrogens is 318 g/mol. The molecule has 0 spiro atoms. The summed E-state index contributed by atoms with van der Waals surface area (Å²) in [5.41, 5.74) is 0.769. The number of carbonyl (C=O) groups is 3. The van der Waals surface area contributed by atoms with Crippen molar-refractivity contribution in [2.24, 2.45) is 5.92 Å². The number of esters is 1. The van der Waals surface area contributed by atoms with Crippen molar-refractivity contribution in [2.75, 3.05) is 6.61 Å². The van der Waals surface area contributed by atoms with Crippen LogP contribution in [0.2, 0.25) is 0 Å². The van der Waals surface area contributed by atoms with E-state index in [0.29, 0.717) is 0 Å². The van der Waals surface area contributed by atoms with Gasteiger partial charge in [0.15, 0.2) is 0 Å². The van der Waals surface area contributed by atoms with Crippen molar-refractivity contribution >= 4 is 18.0 Å². The van der Waals surface area contributed by atoms with Crippen LogP contribution >= 0.6 is 0 Å². The molecule has 8 nitrogen and oxygen atoms in total. The minimum absolute atomic E-state index is 0. The Morgan fingerprint density at radius 3 is 2.29 bits per heavy atom. The highest BCUT2D eigenvalue weighted by Gasteiger charge is 2.24. The zero-order valence-corrected chi connectivity index (χ0v) is 13.7. The summed E-state index contributed by atoms with van der Waals surface area (Å²) >= 11 is 0. The average Bonchev–Trinajstić information content (AvgIpc) is 2.51. The first-order valence-electron chi connectivity index (χ1n) is 7.24. The van der Waals surface area contributed by atoms with E-state index in [1.54, 1.807) is 24.3 Å². The molecule has 0 bridgehead atoms. The lowest BCUT2D eigenvalue weighted by Crippen LogP contribution is -2.42. The van der Waals surface area contributed by atoms with Gasteiger partial charge >= 0.3 is 18.0 Å². The monoisotopic (exact) mass is 341 g/mol. The van der Waals surface area contributed by atoms with Crippen LogP contribution in [0.1, 0.15) is 25.8 Å². The van der Waals surface area contributed by atoms with Gasteiger partial charge in [-0.1, -0.05) is 44.2 Å². The summed E-state index contributed by atoms with van der Waals surface area (Å²) in [6.45, 7) is 3.93. The van der Waals surface area contributed by atoms with E-state index in [4.69, 9.17) is 14.6 Å². The maximum Gasteiger partial charge on any atom is 0.408 e. The normalized spacial score (nSPS) is 11.1. The molecule has 1 aromatic rings. The predicted molar refractivity (Wildman–Crippen MR) is 85.2 cm³/mol. The first-order valence-corrected chi connectivity index (χ1v) is 7.24. The number of benzene rings is 1. The van der Waals surface area contributed by atoms with Crippen LogP contribution in [0.25, 0.3) is 0 Å². The van der Waals surface area contributed by atoms with Gasteiger partial charge in [0.2, 0.25) is 0 Å². The lowest BCUT2D eigenvalue weighted by atomic mass is 10.2. The number of rotatable bonds is 8. The number of hydrogen-bond acceptors (Lipinski definition) is 5. The molecule has 1 rings (SSSR count). The fourth-order valence-electron chi connectivity index (χ4n) is 1.59. The first kappa shape index (κ1) is 21.4. The van der Waals surface area contributed by atoms with Crippen molar-refractivity contribution in [3.63, 3.8) is 0 Å². The molecule has 1 aromatic carbocycles. The van der Waals surface area contributed by atoms with E-state index < -0.39 is 30.5 Å². The zero-order chi connectivity index (χ0) is 17.2. The van der Waals surface area contributed by atoms with Gasteiger partial charge in [0, 0.05) is 0 Å². The third-order valence-electron chi connectivity index (χ3n) is 2.75. The Hall–Kier alpha value is -2.61. The highest BCUT2D eigenvalue weighted by atomic mass is 16.5. The molecule has 4 N–H and O–H groups in total. The number of aliphatic carboxylic acids is 1. The topological polar surface area (TPSA) is 133 Å². The summed E-state index contributed by atoms with van der Waals surface area (Å²) in [5.74, 6) is -1.87. The molecule has 0 aliphatic heterocycles. The van der Waals surface area contributed by atoms with Gasteiger partial charge in [0.1, 0.15) is 12.6 Å². The van der Waals surface area contributed by atoms with E-state index >= 15 is 0 Å². The summed E-state index contributed by atoms with van der Waals surface area (Å²) in [6.07, 6.45) is -1.36. The number of carbonyl (C=O) groups excluding carboxylic acids is 2. The number of carboxylic acids is 1. The average molecular weight is 341 g/mol. The van der Waals surface area contributed by atoms with Gasteiger partial charge in [-0.2, -0.15) is 0 Å². The summed E-state index contributed by atoms with van der Waals surface area (Å²) in [4.78, 5) is 34.3. The van der Waals surface area contributed by atoms with Crippen molar-refractivity contribution in [2.45, 2.75) is 32.9 Å². The number of alkyl carbamates (subject to hydrolysis) is 1. The Balaban J connectivity index is 0.00000529. The molecule has 0 aromatic heterocycles. The maximum absolute atomic E-state index is 11.6. The molecule has 0 aliphatic rings. The van der Waals surface area contributed by atoms with E-state index in [1.807, 2.05) is 19.9 Å². The van der Waals surface area contributed by atoms with Gasteiger partial charge in [-0.3, -0.25) is 4.79 Å². The highest BCUT2D eigenvalue weighted by molar-refractivity contribution is 5.85. The second-order valence-electron chi connectivity index (χ2n) is 5.38. The van der Waals surface area contributed by atoms with E-state index in [0.717, 1.165) is 5.56 Å². The number of ether oxygens (including phenoxy) is 2. The third kappa shape index (κ3) is 8.74. The Morgan fingerprint density at radius 2 is 1.75 bits per heavy atom. The summed E-state index contributed by atoms with van der Waals surface area (Å²) in [5, 5.41) is 11.2. The third-order valence-corrected chi connectivity index (χ3v) is 2.75. The second-order valence-corrected chi connectivity index (χ2v) is 5.38. The molecule has 0 fully saturated rings. The molecule has 0 radical (unpaired) electrons. The molecule has 134 valence electrons. The lowest BCUT2D eigenvalue weighted by molar-refractivity contribution is -0.150. The number of carboxylic acid groups (broad SMARTS) is 1. The SMILES string of the molecule is CC(C)COC(=O)C[C@@H](NC(=O)OCc1ccccc1)C(=O)O.O. The van der Waals surface area contributed by atoms with Crippen LogP contribution in [0, 0.1) is 5.92 Å². The van der Waals surface area contributed by atoms with Gasteiger partial charge in [0.25, 0.3) is 0 Å². The minimum Gasteiger partial charge on any atom is -0.480 e. The molecule has 8 heteroatoms. The Labute approximate surface area is 140 Å². The van der Waals surface area contributed by atoms with Gasteiger partial charge in [-0.25, -0.2) is 9.59 Å². The fourth-order valence-corrected chi connectivity index (χ4v) is 1.59. The van der Waals surface area contributed by atoms with Crippen LogP contribution < -0.4 is 5.32 Å². The summed E-state index contributed by atoms with van der Waals surface area (Å²) in [7, 11) is 0.